The van der Waals surface area contributed by atoms with E-state index < -0.39 is 10.1 Å². The maximum atomic E-state index is 12.9. The molecule has 0 bridgehead atoms. The fraction of sp³-hybridized carbons (Fsp3) is 0.350. The Kier molecular flexibility index (Phi) is 6.80. The molecule has 0 aliphatic carbocycles. The number of nitrogens with zero attached hydrogens (tertiary/aromatic N) is 1. The molecule has 0 aliphatic heterocycles. The summed E-state index contributed by atoms with van der Waals surface area (Å²) in [4.78, 5) is 14.7. The van der Waals surface area contributed by atoms with Gasteiger partial charge in [-0.05, 0) is 50.1 Å². The summed E-state index contributed by atoms with van der Waals surface area (Å²) in [5.41, 5.74) is 1.57. The van der Waals surface area contributed by atoms with Gasteiger partial charge in [0.25, 0.3) is 5.91 Å². The predicted molar refractivity (Wildman–Crippen MR) is 103 cm³/mol. The normalized spacial score (nSPS) is 12.4. The molecule has 2 aromatic rings. The molecule has 140 valence electrons. The summed E-state index contributed by atoms with van der Waals surface area (Å²) in [6.45, 7) is 6.04. The third kappa shape index (κ3) is 5.33. The molecule has 0 N–H and O–H groups in total. The first-order chi connectivity index (χ1) is 12.4. The van der Waals surface area contributed by atoms with Crippen LogP contribution in [0.3, 0.4) is 0 Å². The Morgan fingerprint density at radius 1 is 1.04 bits per heavy atom. The highest BCUT2D eigenvalue weighted by molar-refractivity contribution is 7.87. The minimum absolute atomic E-state index is 0.0196. The Morgan fingerprint density at radius 3 is 2.19 bits per heavy atom. The second kappa shape index (κ2) is 8.85. The summed E-state index contributed by atoms with van der Waals surface area (Å²) in [6.07, 6.45) is 0.842. The van der Waals surface area contributed by atoms with E-state index in [4.69, 9.17) is 4.18 Å². The lowest BCUT2D eigenvalue weighted by Gasteiger charge is -2.29. The summed E-state index contributed by atoms with van der Waals surface area (Å²) in [5, 5.41) is 0. The molecule has 5 nitrogen and oxygen atoms in total. The summed E-state index contributed by atoms with van der Waals surface area (Å²) in [7, 11) is -3.54. The molecule has 2 aromatic carbocycles. The van der Waals surface area contributed by atoms with E-state index in [2.05, 4.69) is 0 Å². The first-order valence-electron chi connectivity index (χ1n) is 8.73. The smallest absolute Gasteiger partial charge is 0.308 e. The maximum Gasteiger partial charge on any atom is 0.308 e. The summed E-state index contributed by atoms with van der Waals surface area (Å²) in [5.74, 6) is 0.177. The molecule has 26 heavy (non-hydrogen) atoms. The van der Waals surface area contributed by atoms with Crippen molar-refractivity contribution in [2.45, 2.75) is 39.8 Å². The zero-order chi connectivity index (χ0) is 19.2. The van der Waals surface area contributed by atoms with Gasteiger partial charge in [0.2, 0.25) is 0 Å². The lowest BCUT2D eigenvalue weighted by Crippen LogP contribution is -2.37. The first kappa shape index (κ1) is 20.0. The van der Waals surface area contributed by atoms with Gasteiger partial charge in [-0.2, -0.15) is 8.42 Å². The Morgan fingerprint density at radius 2 is 1.65 bits per heavy atom. The maximum absolute atomic E-state index is 12.9. The van der Waals surface area contributed by atoms with Crippen LogP contribution in [0.15, 0.2) is 54.6 Å². The molecule has 0 saturated heterocycles. The number of benzene rings is 2. The number of rotatable bonds is 8. The van der Waals surface area contributed by atoms with E-state index in [-0.39, 0.29) is 23.5 Å². The third-order valence-corrected chi connectivity index (χ3v) is 5.41. The largest absolute Gasteiger partial charge is 0.382 e. The average Bonchev–Trinajstić information content (AvgIpc) is 2.66. The van der Waals surface area contributed by atoms with Crippen LogP contribution in [-0.4, -0.2) is 31.0 Å². The fourth-order valence-corrected chi connectivity index (χ4v) is 2.97. The van der Waals surface area contributed by atoms with Gasteiger partial charge in [0.1, 0.15) is 5.75 Å². The van der Waals surface area contributed by atoms with Crippen LogP contribution in [-0.2, 0) is 16.7 Å². The third-order valence-electron chi connectivity index (χ3n) is 4.26. The lowest BCUT2D eigenvalue weighted by atomic mass is 10.1. The Balaban J connectivity index is 2.17. The van der Waals surface area contributed by atoms with Gasteiger partial charge in [-0.1, -0.05) is 37.3 Å². The van der Waals surface area contributed by atoms with Gasteiger partial charge in [-0.3, -0.25) is 4.79 Å². The molecule has 6 heteroatoms. The molecule has 0 fully saturated rings. The SMILES string of the molecule is CCC(C)N(Cc1ccc(OS(=O)(=O)CC)cc1)C(=O)c1ccccc1. The van der Waals surface area contributed by atoms with Gasteiger partial charge in [0.15, 0.2) is 0 Å². The Bertz CT molecular complexity index is 817. The van der Waals surface area contributed by atoms with E-state index in [0.29, 0.717) is 12.1 Å². The molecule has 0 spiro atoms. The molecule has 2 rings (SSSR count). The molecule has 0 aliphatic rings. The van der Waals surface area contributed by atoms with Gasteiger partial charge >= 0.3 is 10.1 Å². The van der Waals surface area contributed by atoms with Crippen LogP contribution in [0.5, 0.6) is 5.75 Å². The predicted octanol–water partition coefficient (Wildman–Crippen LogP) is 3.86. The summed E-state index contributed by atoms with van der Waals surface area (Å²) < 4.78 is 28.0. The topological polar surface area (TPSA) is 63.7 Å². The van der Waals surface area contributed by atoms with Crippen molar-refractivity contribution in [1.82, 2.24) is 4.90 Å². The van der Waals surface area contributed by atoms with Crippen molar-refractivity contribution in [3.8, 4) is 5.75 Å². The van der Waals surface area contributed by atoms with Crippen LogP contribution in [0.4, 0.5) is 0 Å². The minimum atomic E-state index is -3.54. The van der Waals surface area contributed by atoms with Crippen LogP contribution >= 0.6 is 0 Å². The highest BCUT2D eigenvalue weighted by atomic mass is 32.2. The fourth-order valence-electron chi connectivity index (χ4n) is 2.45. The van der Waals surface area contributed by atoms with E-state index in [1.165, 1.54) is 6.92 Å². The highest BCUT2D eigenvalue weighted by Gasteiger charge is 2.20. The second-order valence-corrected chi connectivity index (χ2v) is 7.99. The van der Waals surface area contributed by atoms with Gasteiger partial charge in [0, 0.05) is 18.2 Å². The Labute approximate surface area is 155 Å². The molecule has 0 radical (unpaired) electrons. The number of hydrogen-bond acceptors (Lipinski definition) is 4. The van der Waals surface area contributed by atoms with Gasteiger partial charge in [-0.15, -0.1) is 0 Å². The molecular weight excluding hydrogens is 350 g/mol. The van der Waals surface area contributed by atoms with Crippen LogP contribution in [0.25, 0.3) is 0 Å². The van der Waals surface area contributed by atoms with Crippen LogP contribution < -0.4 is 4.18 Å². The van der Waals surface area contributed by atoms with Crippen molar-refractivity contribution in [2.24, 2.45) is 0 Å². The van der Waals surface area contributed by atoms with E-state index in [9.17, 15) is 13.2 Å². The molecule has 1 amide bonds. The van der Waals surface area contributed by atoms with Crippen LogP contribution in [0.2, 0.25) is 0 Å². The van der Waals surface area contributed by atoms with Gasteiger partial charge in [-0.25, -0.2) is 0 Å². The standard InChI is InChI=1S/C20H25NO4S/c1-4-16(3)21(20(22)18-9-7-6-8-10-18)15-17-11-13-19(14-12-17)25-26(23,24)5-2/h6-14,16H,4-5,15H2,1-3H3. The second-order valence-electron chi connectivity index (χ2n) is 6.13. The lowest BCUT2D eigenvalue weighted by molar-refractivity contribution is 0.0671. The summed E-state index contributed by atoms with van der Waals surface area (Å²) >= 11 is 0. The Hall–Kier alpha value is -2.34. The van der Waals surface area contributed by atoms with E-state index in [1.807, 2.05) is 49.1 Å². The number of carbonyl (C=O) groups excluding carboxylic acids is 1. The van der Waals surface area contributed by atoms with Crippen molar-refractivity contribution in [2.75, 3.05) is 5.75 Å². The van der Waals surface area contributed by atoms with Crippen molar-refractivity contribution in [3.05, 3.63) is 65.7 Å². The minimum Gasteiger partial charge on any atom is -0.382 e. The summed E-state index contributed by atoms with van der Waals surface area (Å²) in [6, 6.07) is 16.1. The monoisotopic (exact) mass is 375 g/mol. The van der Waals surface area contributed by atoms with E-state index in [0.717, 1.165) is 12.0 Å². The van der Waals surface area contributed by atoms with Crippen LogP contribution in [0, 0.1) is 0 Å². The molecule has 1 unspecified atom stereocenters. The first-order valence-corrected chi connectivity index (χ1v) is 10.3. The van der Waals surface area contributed by atoms with Crippen molar-refractivity contribution in [1.29, 1.82) is 0 Å². The van der Waals surface area contributed by atoms with Gasteiger partial charge in [0.05, 0.1) is 5.75 Å². The zero-order valence-corrected chi connectivity index (χ0v) is 16.2. The van der Waals surface area contributed by atoms with Crippen molar-refractivity contribution >= 4 is 16.0 Å². The molecular formula is C20H25NO4S. The van der Waals surface area contributed by atoms with Crippen molar-refractivity contribution in [3.63, 3.8) is 0 Å². The number of amides is 1. The quantitative estimate of drug-likeness (QED) is 0.657. The average molecular weight is 375 g/mol. The van der Waals surface area contributed by atoms with Crippen LogP contribution in [0.1, 0.15) is 43.1 Å². The number of hydrogen-bond donors (Lipinski definition) is 0. The molecule has 0 heterocycles. The highest BCUT2D eigenvalue weighted by Crippen LogP contribution is 2.19. The van der Waals surface area contributed by atoms with E-state index >= 15 is 0 Å². The number of carbonyl (C=O) groups is 1. The molecule has 0 aromatic heterocycles. The van der Waals surface area contributed by atoms with Crippen molar-refractivity contribution < 1.29 is 17.4 Å². The van der Waals surface area contributed by atoms with Gasteiger partial charge < -0.3 is 9.08 Å². The van der Waals surface area contributed by atoms with E-state index in [1.54, 1.807) is 24.3 Å². The molecule has 1 atom stereocenters. The zero-order valence-electron chi connectivity index (χ0n) is 15.4. The molecule has 0 saturated carbocycles.